The number of carboxylic acids is 1. The fourth-order valence-electron chi connectivity index (χ4n) is 4.65. The van der Waals surface area contributed by atoms with Crippen molar-refractivity contribution < 1.29 is 24.4 Å². The first-order valence-corrected chi connectivity index (χ1v) is 11.0. The van der Waals surface area contributed by atoms with Gasteiger partial charge in [0, 0.05) is 41.6 Å². The molecule has 0 bridgehead atoms. The molecule has 9 nitrogen and oxygen atoms in total. The molecule has 0 fully saturated rings. The molecule has 0 radical (unpaired) electrons. The maximum Gasteiger partial charge on any atom is 0.407 e. The SMILES string of the molecule is O=C(NC(Cc1c[nH]c2ccc([N+](=O)[O-])cc12)C(=O)O)OCC1c2ccccc2-c2ccccc21. The van der Waals surface area contributed by atoms with Gasteiger partial charge in [-0.05, 0) is 33.9 Å². The van der Waals surface area contributed by atoms with Gasteiger partial charge in [-0.1, -0.05) is 48.5 Å². The number of aromatic nitrogens is 1. The number of carbonyl (C=O) groups is 2. The molecule has 9 heteroatoms. The monoisotopic (exact) mass is 471 g/mol. The van der Waals surface area contributed by atoms with E-state index in [0.29, 0.717) is 16.5 Å². The summed E-state index contributed by atoms with van der Waals surface area (Å²) < 4.78 is 5.47. The zero-order valence-electron chi connectivity index (χ0n) is 18.4. The molecule has 176 valence electrons. The van der Waals surface area contributed by atoms with Crippen LogP contribution in [-0.4, -0.2) is 39.7 Å². The number of carboxylic acid groups (broad SMARTS) is 1. The van der Waals surface area contributed by atoms with Crippen LogP contribution >= 0.6 is 0 Å². The highest BCUT2D eigenvalue weighted by Crippen LogP contribution is 2.44. The summed E-state index contributed by atoms with van der Waals surface area (Å²) in [6, 6.07) is 18.9. The number of rotatable bonds is 7. The largest absolute Gasteiger partial charge is 0.480 e. The van der Waals surface area contributed by atoms with Crippen molar-refractivity contribution in [2.75, 3.05) is 6.61 Å². The number of nitrogens with one attached hydrogen (secondary N) is 2. The number of nitrogens with zero attached hydrogens (tertiary/aromatic N) is 1. The van der Waals surface area contributed by atoms with Crippen LogP contribution in [0, 0.1) is 10.1 Å². The van der Waals surface area contributed by atoms with Gasteiger partial charge in [0.15, 0.2) is 0 Å². The number of ether oxygens (including phenoxy) is 1. The van der Waals surface area contributed by atoms with Crippen molar-refractivity contribution in [1.82, 2.24) is 10.3 Å². The first-order chi connectivity index (χ1) is 16.9. The third-order valence-corrected chi connectivity index (χ3v) is 6.32. The van der Waals surface area contributed by atoms with Crippen molar-refractivity contribution in [2.45, 2.75) is 18.4 Å². The second-order valence-electron chi connectivity index (χ2n) is 8.37. The van der Waals surface area contributed by atoms with E-state index in [1.54, 1.807) is 12.3 Å². The highest BCUT2D eigenvalue weighted by Gasteiger charge is 2.30. The van der Waals surface area contributed by atoms with E-state index in [-0.39, 0.29) is 24.6 Å². The Balaban J connectivity index is 1.29. The average Bonchev–Trinajstić information content (AvgIpc) is 3.40. The molecule has 1 aliphatic rings. The molecule has 35 heavy (non-hydrogen) atoms. The number of aromatic amines is 1. The van der Waals surface area contributed by atoms with Gasteiger partial charge in [-0.2, -0.15) is 0 Å². The average molecular weight is 471 g/mol. The second-order valence-corrected chi connectivity index (χ2v) is 8.37. The van der Waals surface area contributed by atoms with E-state index in [9.17, 15) is 24.8 Å². The van der Waals surface area contributed by atoms with Crippen molar-refractivity contribution in [1.29, 1.82) is 0 Å². The van der Waals surface area contributed by atoms with Crippen LogP contribution in [0.4, 0.5) is 10.5 Å². The molecule has 0 saturated heterocycles. The highest BCUT2D eigenvalue weighted by atomic mass is 16.6. The summed E-state index contributed by atoms with van der Waals surface area (Å²) in [7, 11) is 0. The fraction of sp³-hybridized carbons (Fsp3) is 0.154. The van der Waals surface area contributed by atoms with Crippen LogP contribution in [0.3, 0.4) is 0 Å². The molecule has 1 amide bonds. The van der Waals surface area contributed by atoms with Crippen molar-refractivity contribution in [3.8, 4) is 11.1 Å². The third-order valence-electron chi connectivity index (χ3n) is 6.32. The number of amides is 1. The van der Waals surface area contributed by atoms with Crippen molar-refractivity contribution in [2.24, 2.45) is 0 Å². The Bertz CT molecular complexity index is 1420. The molecule has 4 aromatic rings. The van der Waals surface area contributed by atoms with Crippen LogP contribution in [0.15, 0.2) is 72.9 Å². The molecule has 3 aromatic carbocycles. The van der Waals surface area contributed by atoms with Gasteiger partial charge in [0.25, 0.3) is 5.69 Å². The van der Waals surface area contributed by atoms with Gasteiger partial charge in [-0.3, -0.25) is 10.1 Å². The van der Waals surface area contributed by atoms with E-state index < -0.39 is 23.0 Å². The summed E-state index contributed by atoms with van der Waals surface area (Å²) in [6.45, 7) is 0.0610. The van der Waals surface area contributed by atoms with E-state index >= 15 is 0 Å². The van der Waals surface area contributed by atoms with Crippen molar-refractivity contribution in [3.05, 3.63) is 99.7 Å². The number of nitro groups is 1. The smallest absolute Gasteiger partial charge is 0.407 e. The third kappa shape index (κ3) is 4.19. The minimum Gasteiger partial charge on any atom is -0.480 e. The van der Waals surface area contributed by atoms with Gasteiger partial charge in [0.2, 0.25) is 0 Å². The van der Waals surface area contributed by atoms with Crippen LogP contribution < -0.4 is 5.32 Å². The lowest BCUT2D eigenvalue weighted by Crippen LogP contribution is -2.42. The maximum atomic E-state index is 12.6. The zero-order valence-corrected chi connectivity index (χ0v) is 18.4. The Kier molecular flexibility index (Phi) is 5.66. The number of hydrogen-bond acceptors (Lipinski definition) is 5. The Labute approximate surface area is 199 Å². The molecule has 1 aliphatic carbocycles. The Morgan fingerprint density at radius 2 is 1.71 bits per heavy atom. The van der Waals surface area contributed by atoms with E-state index in [2.05, 4.69) is 10.3 Å². The minimum atomic E-state index is -1.27. The number of nitro benzene ring substituents is 1. The number of non-ortho nitro benzene ring substituents is 1. The number of H-pyrrole nitrogens is 1. The number of carbonyl (C=O) groups excluding carboxylic acids is 1. The number of aliphatic carboxylic acids is 1. The van der Waals surface area contributed by atoms with Crippen LogP contribution in [0.5, 0.6) is 0 Å². The fourth-order valence-corrected chi connectivity index (χ4v) is 4.65. The van der Waals surface area contributed by atoms with E-state index in [1.165, 1.54) is 12.1 Å². The van der Waals surface area contributed by atoms with Crippen LogP contribution in [0.25, 0.3) is 22.0 Å². The number of hydrogen-bond donors (Lipinski definition) is 3. The highest BCUT2D eigenvalue weighted by molar-refractivity contribution is 5.87. The normalized spacial score (nSPS) is 13.1. The molecule has 3 N–H and O–H groups in total. The number of fused-ring (bicyclic) bond motifs is 4. The first kappa shape index (κ1) is 22.1. The lowest BCUT2D eigenvalue weighted by molar-refractivity contribution is -0.384. The van der Waals surface area contributed by atoms with Crippen molar-refractivity contribution in [3.63, 3.8) is 0 Å². The molecular formula is C26H21N3O6. The lowest BCUT2D eigenvalue weighted by atomic mass is 9.98. The minimum absolute atomic E-state index is 0.0610. The number of alkyl carbamates (subject to hydrolysis) is 1. The summed E-state index contributed by atoms with van der Waals surface area (Å²) in [6.07, 6.45) is 0.676. The predicted octanol–water partition coefficient (Wildman–Crippen LogP) is 4.61. The van der Waals surface area contributed by atoms with Gasteiger partial charge in [0.05, 0.1) is 4.92 Å². The van der Waals surface area contributed by atoms with Gasteiger partial charge in [-0.15, -0.1) is 0 Å². The Hall–Kier alpha value is -4.66. The predicted molar refractivity (Wildman–Crippen MR) is 128 cm³/mol. The Morgan fingerprint density at radius 3 is 2.34 bits per heavy atom. The first-order valence-electron chi connectivity index (χ1n) is 11.0. The van der Waals surface area contributed by atoms with Crippen LogP contribution in [-0.2, 0) is 16.0 Å². The van der Waals surface area contributed by atoms with Crippen LogP contribution in [0.1, 0.15) is 22.6 Å². The summed E-state index contributed by atoms with van der Waals surface area (Å²) in [5.74, 6) is -1.39. The quantitative estimate of drug-likeness (QED) is 0.266. The molecule has 1 heterocycles. The Morgan fingerprint density at radius 1 is 1.06 bits per heavy atom. The molecule has 0 aliphatic heterocycles. The molecule has 1 aromatic heterocycles. The lowest BCUT2D eigenvalue weighted by Gasteiger charge is -2.17. The van der Waals surface area contributed by atoms with Gasteiger partial charge < -0.3 is 20.1 Å². The molecule has 0 saturated carbocycles. The molecule has 0 spiro atoms. The van der Waals surface area contributed by atoms with Crippen molar-refractivity contribution >= 4 is 28.7 Å². The standard InChI is InChI=1S/C26H21N3O6/c30-25(31)24(11-15-13-27-23-10-9-16(29(33)34)12-21(15)23)28-26(32)35-14-22-19-7-3-1-5-17(19)18-6-2-4-8-20(18)22/h1-10,12-13,22,24,27H,11,14H2,(H,28,32)(H,30,31). The van der Waals surface area contributed by atoms with Crippen LogP contribution in [0.2, 0.25) is 0 Å². The maximum absolute atomic E-state index is 12.6. The summed E-state index contributed by atoms with van der Waals surface area (Å²) in [5.41, 5.74) is 5.36. The van der Waals surface area contributed by atoms with E-state index in [4.69, 9.17) is 4.74 Å². The van der Waals surface area contributed by atoms with E-state index in [0.717, 1.165) is 22.3 Å². The van der Waals surface area contributed by atoms with Gasteiger partial charge in [-0.25, -0.2) is 9.59 Å². The van der Waals surface area contributed by atoms with E-state index in [1.807, 2.05) is 48.5 Å². The molecule has 1 atom stereocenters. The second kappa shape index (κ2) is 8.94. The zero-order chi connectivity index (χ0) is 24.5. The van der Waals surface area contributed by atoms with Gasteiger partial charge in [0.1, 0.15) is 12.6 Å². The summed E-state index contributed by atoms with van der Waals surface area (Å²) in [5, 5.41) is 23.8. The summed E-state index contributed by atoms with van der Waals surface area (Å²) >= 11 is 0. The summed E-state index contributed by atoms with van der Waals surface area (Å²) in [4.78, 5) is 38.0. The number of benzene rings is 3. The topological polar surface area (TPSA) is 135 Å². The molecular weight excluding hydrogens is 450 g/mol. The van der Waals surface area contributed by atoms with Gasteiger partial charge >= 0.3 is 12.1 Å². The molecule has 5 rings (SSSR count). The molecule has 1 unspecified atom stereocenters.